The van der Waals surface area contributed by atoms with Crippen molar-refractivity contribution in [3.8, 4) is 17.2 Å². The minimum Gasteiger partial charge on any atom is -0.394 e. The summed E-state index contributed by atoms with van der Waals surface area (Å²) in [6, 6.07) is 7.56. The summed E-state index contributed by atoms with van der Waals surface area (Å²) in [6.07, 6.45) is 1.60. The largest absolute Gasteiger partial charge is 0.394 e. The molecule has 0 atom stereocenters. The van der Waals surface area contributed by atoms with Gasteiger partial charge in [0.1, 0.15) is 11.6 Å². The van der Waals surface area contributed by atoms with E-state index in [0.717, 1.165) is 11.6 Å². The molecule has 7 heteroatoms. The quantitative estimate of drug-likeness (QED) is 0.792. The Balaban J connectivity index is 2.08. The van der Waals surface area contributed by atoms with Gasteiger partial charge in [-0.25, -0.2) is 4.39 Å². The fourth-order valence-electron chi connectivity index (χ4n) is 2.74. The van der Waals surface area contributed by atoms with Gasteiger partial charge in [0.05, 0.1) is 29.6 Å². The zero-order valence-corrected chi connectivity index (χ0v) is 13.7. The van der Waals surface area contributed by atoms with Crippen molar-refractivity contribution in [2.45, 2.75) is 20.4 Å². The maximum Gasteiger partial charge on any atom is 0.274 e. The lowest BCUT2D eigenvalue weighted by Gasteiger charge is -2.11. The molecule has 25 heavy (non-hydrogen) atoms. The third-order valence-electron chi connectivity index (χ3n) is 3.96. The van der Waals surface area contributed by atoms with Gasteiger partial charge in [-0.1, -0.05) is 11.2 Å². The summed E-state index contributed by atoms with van der Waals surface area (Å²) in [7, 11) is 0. The summed E-state index contributed by atoms with van der Waals surface area (Å²) < 4.78 is 20.6. The van der Waals surface area contributed by atoms with Crippen LogP contribution in [-0.4, -0.2) is 9.72 Å². The van der Waals surface area contributed by atoms with Gasteiger partial charge >= 0.3 is 0 Å². The van der Waals surface area contributed by atoms with E-state index in [4.69, 9.17) is 15.5 Å². The van der Waals surface area contributed by atoms with Crippen molar-refractivity contribution >= 4 is 5.69 Å². The van der Waals surface area contributed by atoms with E-state index in [0.29, 0.717) is 17.0 Å². The van der Waals surface area contributed by atoms with Crippen LogP contribution >= 0.6 is 0 Å². The summed E-state index contributed by atoms with van der Waals surface area (Å²) >= 11 is 0. The van der Waals surface area contributed by atoms with Crippen molar-refractivity contribution in [1.29, 1.82) is 5.26 Å². The van der Waals surface area contributed by atoms with Crippen molar-refractivity contribution in [2.24, 2.45) is 0 Å². The van der Waals surface area contributed by atoms with Crippen LogP contribution < -0.4 is 11.3 Å². The minimum atomic E-state index is -0.549. The molecule has 0 unspecified atom stereocenters. The number of rotatable bonds is 3. The van der Waals surface area contributed by atoms with Crippen LogP contribution in [0.25, 0.3) is 11.1 Å². The van der Waals surface area contributed by atoms with Crippen LogP contribution in [0.15, 0.2) is 39.8 Å². The Morgan fingerprint density at radius 2 is 2.12 bits per heavy atom. The van der Waals surface area contributed by atoms with Gasteiger partial charge in [-0.2, -0.15) is 5.26 Å². The summed E-state index contributed by atoms with van der Waals surface area (Å²) in [4.78, 5) is 12.3. The Bertz CT molecular complexity index is 1040. The van der Waals surface area contributed by atoms with Crippen molar-refractivity contribution in [3.05, 3.63) is 69.2 Å². The number of pyridine rings is 1. The molecular formula is C18H15FN4O2. The number of benzene rings is 1. The standard InChI is InChI=1S/C18H15FN4O2/c1-10-17(11(2)25-22-10)14-6-16(21)18(24)23(9-14)8-13-4-3-12(7-20)5-15(13)19/h3-6,9H,8,21H2,1-2H3. The smallest absolute Gasteiger partial charge is 0.274 e. The number of nitrogens with two attached hydrogens (primary N) is 1. The third-order valence-corrected chi connectivity index (χ3v) is 3.96. The average Bonchev–Trinajstić information content (AvgIpc) is 2.92. The number of aromatic nitrogens is 2. The Labute approximate surface area is 142 Å². The molecule has 3 rings (SSSR count). The van der Waals surface area contributed by atoms with E-state index in [1.807, 2.05) is 6.07 Å². The number of hydrogen-bond donors (Lipinski definition) is 1. The molecule has 0 aliphatic rings. The van der Waals surface area contributed by atoms with E-state index in [1.165, 1.54) is 16.7 Å². The lowest BCUT2D eigenvalue weighted by Crippen LogP contribution is -2.23. The molecule has 2 aromatic heterocycles. The maximum absolute atomic E-state index is 14.1. The van der Waals surface area contributed by atoms with Crippen LogP contribution in [0.4, 0.5) is 10.1 Å². The number of hydrogen-bond acceptors (Lipinski definition) is 5. The molecule has 3 aromatic rings. The summed E-state index contributed by atoms with van der Waals surface area (Å²) in [6.45, 7) is 3.55. The maximum atomic E-state index is 14.1. The average molecular weight is 338 g/mol. The molecule has 2 heterocycles. The van der Waals surface area contributed by atoms with Gasteiger partial charge in [0.25, 0.3) is 5.56 Å². The van der Waals surface area contributed by atoms with Gasteiger partial charge in [-0.05, 0) is 32.0 Å². The summed E-state index contributed by atoms with van der Waals surface area (Å²) in [5, 5.41) is 12.7. The van der Waals surface area contributed by atoms with E-state index >= 15 is 0 Å². The Hall–Kier alpha value is -3.40. The molecule has 0 fully saturated rings. The number of anilines is 1. The first-order valence-corrected chi connectivity index (χ1v) is 7.52. The molecule has 0 spiro atoms. The second-order valence-corrected chi connectivity index (χ2v) is 5.73. The van der Waals surface area contributed by atoms with E-state index in [9.17, 15) is 9.18 Å². The summed E-state index contributed by atoms with van der Waals surface area (Å²) in [5.74, 6) is 0.0546. The number of nitrogens with zero attached hydrogens (tertiary/aromatic N) is 3. The first kappa shape index (κ1) is 16.5. The lowest BCUT2D eigenvalue weighted by molar-refractivity contribution is 0.393. The zero-order valence-electron chi connectivity index (χ0n) is 13.7. The zero-order chi connectivity index (χ0) is 18.1. The second kappa shape index (κ2) is 6.24. The van der Waals surface area contributed by atoms with Crippen LogP contribution in [0, 0.1) is 31.0 Å². The van der Waals surface area contributed by atoms with Gasteiger partial charge in [0.2, 0.25) is 0 Å². The van der Waals surface area contributed by atoms with Gasteiger partial charge in [-0.3, -0.25) is 4.79 Å². The fraction of sp³-hybridized carbons (Fsp3) is 0.167. The molecule has 126 valence electrons. The van der Waals surface area contributed by atoms with E-state index < -0.39 is 11.4 Å². The van der Waals surface area contributed by atoms with Crippen molar-refractivity contribution < 1.29 is 8.91 Å². The molecule has 0 amide bonds. The highest BCUT2D eigenvalue weighted by molar-refractivity contribution is 5.69. The number of halogens is 1. The molecule has 0 bridgehead atoms. The first-order chi connectivity index (χ1) is 11.9. The molecule has 0 aliphatic heterocycles. The second-order valence-electron chi connectivity index (χ2n) is 5.73. The van der Waals surface area contributed by atoms with Crippen molar-refractivity contribution in [2.75, 3.05) is 5.73 Å². The van der Waals surface area contributed by atoms with Gasteiger partial charge in [-0.15, -0.1) is 0 Å². The first-order valence-electron chi connectivity index (χ1n) is 7.52. The molecule has 0 saturated heterocycles. The predicted octanol–water partition coefficient (Wildman–Crippen LogP) is 2.76. The number of aryl methyl sites for hydroxylation is 2. The van der Waals surface area contributed by atoms with Gasteiger partial charge in [0, 0.05) is 22.9 Å². The molecule has 0 aliphatic carbocycles. The number of nitriles is 1. The van der Waals surface area contributed by atoms with E-state index in [1.54, 1.807) is 26.1 Å². The van der Waals surface area contributed by atoms with Crippen LogP contribution in [0.2, 0.25) is 0 Å². The van der Waals surface area contributed by atoms with Gasteiger partial charge < -0.3 is 14.8 Å². The van der Waals surface area contributed by atoms with Crippen LogP contribution in [0.5, 0.6) is 0 Å². The van der Waals surface area contributed by atoms with Crippen LogP contribution in [0.3, 0.4) is 0 Å². The Morgan fingerprint density at radius 3 is 2.72 bits per heavy atom. The molecular weight excluding hydrogens is 323 g/mol. The molecule has 0 radical (unpaired) electrons. The molecule has 1 aromatic carbocycles. The van der Waals surface area contributed by atoms with Crippen LogP contribution in [-0.2, 0) is 6.54 Å². The highest BCUT2D eigenvalue weighted by atomic mass is 19.1. The lowest BCUT2D eigenvalue weighted by atomic mass is 10.1. The Kier molecular flexibility index (Phi) is 4.11. The van der Waals surface area contributed by atoms with E-state index in [-0.39, 0.29) is 23.4 Å². The molecule has 6 nitrogen and oxygen atoms in total. The van der Waals surface area contributed by atoms with Crippen LogP contribution in [0.1, 0.15) is 22.6 Å². The highest BCUT2D eigenvalue weighted by Gasteiger charge is 2.15. The number of nitrogen functional groups attached to an aromatic ring is 1. The minimum absolute atomic E-state index is 0.00219. The molecule has 0 saturated carbocycles. The molecule has 2 N–H and O–H groups in total. The predicted molar refractivity (Wildman–Crippen MR) is 90.3 cm³/mol. The van der Waals surface area contributed by atoms with Gasteiger partial charge in [0.15, 0.2) is 0 Å². The topological polar surface area (TPSA) is 97.8 Å². The normalized spacial score (nSPS) is 10.6. The van der Waals surface area contributed by atoms with E-state index in [2.05, 4.69) is 5.16 Å². The summed E-state index contributed by atoms with van der Waals surface area (Å²) in [5.41, 5.74) is 8.08. The monoisotopic (exact) mass is 338 g/mol. The fourth-order valence-corrected chi connectivity index (χ4v) is 2.74. The highest BCUT2D eigenvalue weighted by Crippen LogP contribution is 2.27. The third kappa shape index (κ3) is 3.02. The van der Waals surface area contributed by atoms with Crippen molar-refractivity contribution in [3.63, 3.8) is 0 Å². The Morgan fingerprint density at radius 1 is 1.36 bits per heavy atom. The van der Waals surface area contributed by atoms with Crippen molar-refractivity contribution in [1.82, 2.24) is 9.72 Å². The SMILES string of the molecule is Cc1noc(C)c1-c1cc(N)c(=O)n(Cc2ccc(C#N)cc2F)c1.